The molecule has 4 heterocycles. The summed E-state index contributed by atoms with van der Waals surface area (Å²) in [5.41, 5.74) is 1.06. The van der Waals surface area contributed by atoms with Crippen LogP contribution in [0.2, 0.25) is 0 Å². The number of aromatic nitrogens is 4. The smallest absolute Gasteiger partial charge is 0.380 e. The number of ether oxygens (including phenoxy) is 1. The minimum absolute atomic E-state index is 0.0206. The van der Waals surface area contributed by atoms with Gasteiger partial charge in [0.15, 0.2) is 5.82 Å². The molecule has 0 bridgehead atoms. The number of aromatic amines is 1. The number of carbonyl (C=O) groups excluding carboxylic acids is 2. The number of nitrogens with zero attached hydrogens (tertiary/aromatic N) is 6. The number of likely N-dealkylation sites (tertiary alicyclic amines) is 1. The van der Waals surface area contributed by atoms with E-state index in [2.05, 4.69) is 40.5 Å². The predicted molar refractivity (Wildman–Crippen MR) is 153 cm³/mol. The first-order valence-electron chi connectivity index (χ1n) is 15.1. The Morgan fingerprint density at radius 3 is 2.59 bits per heavy atom. The summed E-state index contributed by atoms with van der Waals surface area (Å²) >= 11 is 0. The average molecular weight is 563 g/mol. The van der Waals surface area contributed by atoms with Gasteiger partial charge in [0.25, 0.3) is 0 Å². The van der Waals surface area contributed by atoms with Crippen LogP contribution in [0.3, 0.4) is 0 Å². The number of nitrogens with one attached hydrogen (secondary N) is 3. The van der Waals surface area contributed by atoms with Crippen molar-refractivity contribution in [3.63, 3.8) is 0 Å². The van der Waals surface area contributed by atoms with Gasteiger partial charge in [-0.15, -0.1) is 0 Å². The molecule has 3 N–H and O–H groups in total. The fourth-order valence-electron chi connectivity index (χ4n) is 6.83. The van der Waals surface area contributed by atoms with E-state index >= 15 is 0 Å². The van der Waals surface area contributed by atoms with E-state index in [1.807, 2.05) is 11.0 Å². The highest BCUT2D eigenvalue weighted by molar-refractivity contribution is 5.80. The quantitative estimate of drug-likeness (QED) is 0.462. The zero-order chi connectivity index (χ0) is 28.2. The lowest BCUT2D eigenvalue weighted by Gasteiger charge is -2.41. The molecular weight excluding hydrogens is 522 g/mol. The van der Waals surface area contributed by atoms with Crippen molar-refractivity contribution in [3.8, 4) is 6.57 Å². The highest BCUT2D eigenvalue weighted by Crippen LogP contribution is 2.39. The fraction of sp³-hybridized carbons (Fsp3) is 0.655. The molecule has 4 fully saturated rings. The lowest BCUT2D eigenvalue weighted by atomic mass is 9.92. The monoisotopic (exact) mass is 562 g/mol. The van der Waals surface area contributed by atoms with Gasteiger partial charge >= 0.3 is 12.0 Å². The van der Waals surface area contributed by atoms with E-state index in [-0.39, 0.29) is 41.9 Å². The van der Waals surface area contributed by atoms with Crippen LogP contribution in [0.1, 0.15) is 75.8 Å². The van der Waals surface area contributed by atoms with Crippen LogP contribution in [0, 0.1) is 12.5 Å². The third kappa shape index (κ3) is 6.30. The van der Waals surface area contributed by atoms with Crippen molar-refractivity contribution < 1.29 is 14.3 Å². The maximum absolute atomic E-state index is 13.8. The van der Waals surface area contributed by atoms with E-state index in [0.717, 1.165) is 50.6 Å². The predicted octanol–water partition coefficient (Wildman–Crippen LogP) is 4.16. The topological polar surface area (TPSA) is 133 Å². The molecule has 0 spiro atoms. The molecule has 218 valence electrons. The standard InChI is InChI=1S/C29H39N9O3/c1-30-28-31-12-9-25(34-28)33-26-16-24(35-36-26)19-7-8-23(15-19)38(22-5-3-2-4-6-22)29(40)32-21-10-13-37(14-11-21)27(39)20-17-41-18-20/h1,9,12,16,19-23H,2-8,10-11,13-15,17-18H2,(H2-,31,32,33,34,35,36,40)/p+1. The molecule has 2 aromatic heterocycles. The van der Waals surface area contributed by atoms with E-state index in [4.69, 9.17) is 11.3 Å². The van der Waals surface area contributed by atoms with Crippen molar-refractivity contribution in [2.75, 3.05) is 31.6 Å². The molecule has 2 unspecified atom stereocenters. The maximum Gasteiger partial charge on any atom is 0.532 e. The number of carbonyl (C=O) groups is 2. The Balaban J connectivity index is 1.07. The zero-order valence-corrected chi connectivity index (χ0v) is 23.5. The summed E-state index contributed by atoms with van der Waals surface area (Å²) in [6.45, 7) is 7.77. The van der Waals surface area contributed by atoms with Crippen LogP contribution >= 0.6 is 0 Å². The van der Waals surface area contributed by atoms with Crippen molar-refractivity contribution in [1.29, 1.82) is 0 Å². The van der Waals surface area contributed by atoms with Crippen LogP contribution in [-0.2, 0) is 9.53 Å². The molecule has 2 saturated heterocycles. The molecule has 2 aromatic rings. The Bertz CT molecular complexity index is 1260. The number of hydrogen-bond donors (Lipinski definition) is 3. The van der Waals surface area contributed by atoms with Crippen molar-refractivity contribution in [2.24, 2.45) is 5.92 Å². The third-order valence-corrected chi connectivity index (χ3v) is 9.17. The van der Waals surface area contributed by atoms with Gasteiger partial charge in [-0.3, -0.25) is 9.89 Å². The molecule has 0 radical (unpaired) electrons. The number of urea groups is 1. The number of anilines is 2. The summed E-state index contributed by atoms with van der Waals surface area (Å²) in [7, 11) is 0. The molecule has 2 aliphatic carbocycles. The summed E-state index contributed by atoms with van der Waals surface area (Å²) < 4.78 is 5.19. The average Bonchev–Trinajstić information content (AvgIpc) is 3.63. The lowest BCUT2D eigenvalue weighted by molar-refractivity contribution is -0.150. The van der Waals surface area contributed by atoms with E-state index in [1.165, 1.54) is 19.3 Å². The van der Waals surface area contributed by atoms with E-state index in [9.17, 15) is 9.59 Å². The number of hydrogen-bond acceptors (Lipinski definition) is 7. The molecule has 3 amide bonds. The molecule has 12 nitrogen and oxygen atoms in total. The van der Waals surface area contributed by atoms with Crippen LogP contribution < -0.4 is 10.6 Å². The van der Waals surface area contributed by atoms with Crippen LogP contribution in [-0.4, -0.2) is 86.3 Å². The second-order valence-electron chi connectivity index (χ2n) is 11.9. The summed E-state index contributed by atoms with van der Waals surface area (Å²) in [5.74, 6) is 1.96. The van der Waals surface area contributed by atoms with Crippen molar-refractivity contribution in [3.05, 3.63) is 28.9 Å². The van der Waals surface area contributed by atoms with E-state index < -0.39 is 0 Å². The second-order valence-corrected chi connectivity index (χ2v) is 11.9. The van der Waals surface area contributed by atoms with Crippen LogP contribution in [0.5, 0.6) is 0 Å². The molecule has 41 heavy (non-hydrogen) atoms. The van der Waals surface area contributed by atoms with Gasteiger partial charge in [0.05, 0.1) is 19.1 Å². The van der Waals surface area contributed by atoms with E-state index in [1.54, 1.807) is 12.3 Å². The van der Waals surface area contributed by atoms with Gasteiger partial charge < -0.3 is 25.2 Å². The van der Waals surface area contributed by atoms with Crippen molar-refractivity contribution in [2.45, 2.75) is 88.3 Å². The second kappa shape index (κ2) is 12.4. The van der Waals surface area contributed by atoms with Gasteiger partial charge in [0.2, 0.25) is 11.7 Å². The first-order valence-corrected chi connectivity index (χ1v) is 15.1. The largest absolute Gasteiger partial charge is 0.532 e. The SMILES string of the molecule is C#[N+]c1nccc(Nc2cc(C3CCC(N(C(=O)NC4CCN(C(=O)C5COC5)CC4)C4CCCCC4)C3)[nH]n2)n1. The van der Waals surface area contributed by atoms with Crippen molar-refractivity contribution >= 4 is 29.5 Å². The zero-order valence-electron chi connectivity index (χ0n) is 23.5. The minimum Gasteiger partial charge on any atom is -0.380 e. The van der Waals surface area contributed by atoms with Gasteiger partial charge in [-0.1, -0.05) is 24.2 Å². The third-order valence-electron chi connectivity index (χ3n) is 9.17. The van der Waals surface area contributed by atoms with Gasteiger partial charge in [0, 0.05) is 55.0 Å². The maximum atomic E-state index is 13.8. The van der Waals surface area contributed by atoms with Crippen LogP contribution in [0.15, 0.2) is 18.3 Å². The van der Waals surface area contributed by atoms with Gasteiger partial charge in [-0.25, -0.2) is 4.79 Å². The summed E-state index contributed by atoms with van der Waals surface area (Å²) in [5, 5.41) is 14.2. The molecule has 2 atom stereocenters. The van der Waals surface area contributed by atoms with Crippen LogP contribution in [0.4, 0.5) is 22.4 Å². The number of H-pyrrole nitrogens is 1. The highest BCUT2D eigenvalue weighted by Gasteiger charge is 2.39. The molecular formula is C29H40N9O3+. The normalized spacial score (nSPS) is 23.9. The number of piperidine rings is 1. The van der Waals surface area contributed by atoms with Crippen molar-refractivity contribution in [1.82, 2.24) is 35.3 Å². The molecule has 4 aliphatic rings. The lowest BCUT2D eigenvalue weighted by Crippen LogP contribution is -2.56. The Labute approximate surface area is 240 Å². The molecule has 0 aromatic carbocycles. The minimum atomic E-state index is 0.0206. The first-order chi connectivity index (χ1) is 20.1. The first kappa shape index (κ1) is 27.4. The van der Waals surface area contributed by atoms with Gasteiger partial charge in [-0.2, -0.15) is 9.94 Å². The number of rotatable bonds is 7. The van der Waals surface area contributed by atoms with Gasteiger partial charge in [-0.05, 0) is 49.9 Å². The van der Waals surface area contributed by atoms with E-state index in [0.29, 0.717) is 43.9 Å². The summed E-state index contributed by atoms with van der Waals surface area (Å²) in [6.07, 6.45) is 11.8. The molecule has 6 rings (SSSR count). The molecule has 2 aliphatic heterocycles. The summed E-state index contributed by atoms with van der Waals surface area (Å²) in [4.78, 5) is 42.3. The summed E-state index contributed by atoms with van der Waals surface area (Å²) in [6, 6.07) is 4.40. The Hall–Kier alpha value is -3.72. The Kier molecular flexibility index (Phi) is 8.32. The number of amides is 3. The van der Waals surface area contributed by atoms with Crippen LogP contribution in [0.25, 0.3) is 4.85 Å². The van der Waals surface area contributed by atoms with Gasteiger partial charge in [0.1, 0.15) is 12.8 Å². The molecule has 12 heteroatoms. The fourth-order valence-corrected chi connectivity index (χ4v) is 6.83. The Morgan fingerprint density at radius 1 is 1.05 bits per heavy atom. The Morgan fingerprint density at radius 2 is 1.85 bits per heavy atom. The highest BCUT2D eigenvalue weighted by atomic mass is 16.5. The molecule has 2 saturated carbocycles.